The van der Waals surface area contributed by atoms with E-state index in [0.717, 1.165) is 24.2 Å². The van der Waals surface area contributed by atoms with Gasteiger partial charge in [0.2, 0.25) is 0 Å². The van der Waals surface area contributed by atoms with Crippen LogP contribution < -0.4 is 5.32 Å². The monoisotopic (exact) mass is 355 g/mol. The summed E-state index contributed by atoms with van der Waals surface area (Å²) in [7, 11) is 0. The van der Waals surface area contributed by atoms with Gasteiger partial charge in [0.15, 0.2) is 6.61 Å². The summed E-state index contributed by atoms with van der Waals surface area (Å²) in [6.07, 6.45) is 6.38. The number of nitrogens with one attached hydrogen (secondary N) is 1. The number of carbonyl (C=O) groups is 2. The highest BCUT2D eigenvalue weighted by molar-refractivity contribution is 7.98. The zero-order valence-corrected chi connectivity index (χ0v) is 15.0. The van der Waals surface area contributed by atoms with Gasteiger partial charge >= 0.3 is 5.97 Å². The summed E-state index contributed by atoms with van der Waals surface area (Å²) < 4.78 is 5.10. The maximum atomic E-state index is 12.1. The molecule has 1 aromatic carbocycles. The molecule has 1 saturated carbocycles. The summed E-state index contributed by atoms with van der Waals surface area (Å²) >= 11 is 7.54. The van der Waals surface area contributed by atoms with Crippen molar-refractivity contribution in [3.8, 4) is 0 Å². The lowest BCUT2D eigenvalue weighted by Crippen LogP contribution is -2.42. The fourth-order valence-electron chi connectivity index (χ4n) is 2.78. The highest BCUT2D eigenvalue weighted by Crippen LogP contribution is 2.24. The molecule has 1 aliphatic rings. The van der Waals surface area contributed by atoms with Gasteiger partial charge in [0.1, 0.15) is 0 Å². The van der Waals surface area contributed by atoms with Crippen molar-refractivity contribution in [1.82, 2.24) is 5.32 Å². The van der Waals surface area contributed by atoms with Crippen molar-refractivity contribution in [3.05, 3.63) is 28.8 Å². The number of carbonyl (C=O) groups excluding carboxylic acids is 2. The molecule has 1 fully saturated rings. The lowest BCUT2D eigenvalue weighted by molar-refractivity contribution is -0.125. The third-order valence-corrected chi connectivity index (χ3v) is 5.24. The van der Waals surface area contributed by atoms with Crippen molar-refractivity contribution in [3.63, 3.8) is 0 Å². The molecule has 4 nitrogen and oxygen atoms in total. The van der Waals surface area contributed by atoms with E-state index in [9.17, 15) is 9.59 Å². The van der Waals surface area contributed by atoms with Crippen molar-refractivity contribution in [2.45, 2.75) is 43.5 Å². The van der Waals surface area contributed by atoms with E-state index < -0.39 is 5.97 Å². The first-order valence-electron chi connectivity index (χ1n) is 7.81. The number of hydrogen-bond acceptors (Lipinski definition) is 4. The van der Waals surface area contributed by atoms with Crippen molar-refractivity contribution in [2.75, 3.05) is 12.9 Å². The molecule has 2 rings (SSSR count). The Balaban J connectivity index is 1.87. The third kappa shape index (κ3) is 5.15. The van der Waals surface area contributed by atoms with E-state index >= 15 is 0 Å². The standard InChI is InChI=1S/C17H22ClNO3S/c1-11-5-3-4-6-15(11)19-16(20)10-22-17(21)13-9-12(23-2)7-8-14(13)18/h7-9,11,15H,3-6,10H2,1-2H3,(H,19,20)/t11-,15+/m1/s1. The van der Waals surface area contributed by atoms with Crippen LogP contribution in [0.3, 0.4) is 0 Å². The Morgan fingerprint density at radius 3 is 2.78 bits per heavy atom. The largest absolute Gasteiger partial charge is 0.452 e. The zero-order chi connectivity index (χ0) is 16.8. The predicted molar refractivity (Wildman–Crippen MR) is 93.1 cm³/mol. The third-order valence-electron chi connectivity index (χ3n) is 4.19. The molecular weight excluding hydrogens is 334 g/mol. The van der Waals surface area contributed by atoms with Gasteiger partial charge in [0.25, 0.3) is 5.91 Å². The number of benzene rings is 1. The Labute approximate surface area is 146 Å². The molecule has 0 heterocycles. The molecule has 0 bridgehead atoms. The van der Waals surface area contributed by atoms with Crippen molar-refractivity contribution >= 4 is 35.2 Å². The van der Waals surface area contributed by atoms with Gasteiger partial charge in [-0.1, -0.05) is 31.4 Å². The average Bonchev–Trinajstić information content (AvgIpc) is 2.55. The number of esters is 1. The minimum atomic E-state index is -0.572. The van der Waals surface area contributed by atoms with Crippen LogP contribution in [0.5, 0.6) is 0 Å². The Kier molecular flexibility index (Phi) is 6.78. The molecule has 0 radical (unpaired) electrons. The lowest BCUT2D eigenvalue weighted by Gasteiger charge is -2.29. The summed E-state index contributed by atoms with van der Waals surface area (Å²) in [4.78, 5) is 25.0. The van der Waals surface area contributed by atoms with Gasteiger partial charge in [0, 0.05) is 10.9 Å². The van der Waals surface area contributed by atoms with Crippen molar-refractivity contribution in [2.24, 2.45) is 5.92 Å². The second-order valence-electron chi connectivity index (χ2n) is 5.86. The first-order valence-corrected chi connectivity index (χ1v) is 9.41. The summed E-state index contributed by atoms with van der Waals surface area (Å²) in [6, 6.07) is 5.35. The summed E-state index contributed by atoms with van der Waals surface area (Å²) in [5.74, 6) is -0.358. The van der Waals surface area contributed by atoms with E-state index in [0.29, 0.717) is 10.9 Å². The van der Waals surface area contributed by atoms with Crippen LogP contribution in [0, 0.1) is 5.92 Å². The average molecular weight is 356 g/mol. The van der Waals surface area contributed by atoms with E-state index in [-0.39, 0.29) is 24.1 Å². The molecule has 1 amide bonds. The molecular formula is C17H22ClNO3S. The maximum absolute atomic E-state index is 12.1. The highest BCUT2D eigenvalue weighted by Gasteiger charge is 2.23. The Bertz CT molecular complexity index is 579. The Morgan fingerprint density at radius 2 is 2.09 bits per heavy atom. The molecule has 2 atom stereocenters. The van der Waals surface area contributed by atoms with Gasteiger partial charge in [-0.2, -0.15) is 0 Å². The minimum Gasteiger partial charge on any atom is -0.452 e. The van der Waals surface area contributed by atoms with E-state index in [1.165, 1.54) is 18.2 Å². The zero-order valence-electron chi connectivity index (χ0n) is 13.4. The van der Waals surface area contributed by atoms with Crippen LogP contribution in [0.2, 0.25) is 5.02 Å². The summed E-state index contributed by atoms with van der Waals surface area (Å²) in [5, 5.41) is 3.29. The fourth-order valence-corrected chi connectivity index (χ4v) is 3.41. The minimum absolute atomic E-state index is 0.179. The van der Waals surface area contributed by atoms with Crippen LogP contribution in [0.1, 0.15) is 43.0 Å². The number of halogens is 1. The number of rotatable bonds is 5. The molecule has 0 aliphatic heterocycles. The number of amides is 1. The van der Waals surface area contributed by atoms with Crippen molar-refractivity contribution in [1.29, 1.82) is 0 Å². The van der Waals surface area contributed by atoms with Crippen LogP contribution in [0.15, 0.2) is 23.1 Å². The van der Waals surface area contributed by atoms with Gasteiger partial charge < -0.3 is 10.1 Å². The first-order chi connectivity index (χ1) is 11.0. The Hall–Kier alpha value is -1.20. The van der Waals surface area contributed by atoms with E-state index in [1.807, 2.05) is 12.3 Å². The second kappa shape index (κ2) is 8.60. The molecule has 0 spiro atoms. The van der Waals surface area contributed by atoms with E-state index in [4.69, 9.17) is 16.3 Å². The molecule has 1 aromatic rings. The normalized spacial score (nSPS) is 20.8. The van der Waals surface area contributed by atoms with Gasteiger partial charge in [-0.15, -0.1) is 11.8 Å². The lowest BCUT2D eigenvalue weighted by atomic mass is 9.86. The second-order valence-corrected chi connectivity index (χ2v) is 7.14. The molecule has 1 N–H and O–H groups in total. The first kappa shape index (κ1) is 18.1. The van der Waals surface area contributed by atoms with Gasteiger partial charge in [-0.05, 0) is 43.2 Å². The maximum Gasteiger partial charge on any atom is 0.340 e. The Morgan fingerprint density at radius 1 is 1.35 bits per heavy atom. The molecule has 0 aromatic heterocycles. The SMILES string of the molecule is CSc1ccc(Cl)c(C(=O)OCC(=O)N[C@H]2CCCC[C@H]2C)c1. The smallest absolute Gasteiger partial charge is 0.340 e. The fraction of sp³-hybridized carbons (Fsp3) is 0.529. The predicted octanol–water partition coefficient (Wildman–Crippen LogP) is 3.91. The number of ether oxygens (including phenoxy) is 1. The van der Waals surface area contributed by atoms with Crippen molar-refractivity contribution < 1.29 is 14.3 Å². The molecule has 1 aliphatic carbocycles. The van der Waals surface area contributed by atoms with E-state index in [1.54, 1.807) is 12.1 Å². The highest BCUT2D eigenvalue weighted by atomic mass is 35.5. The van der Waals surface area contributed by atoms with Gasteiger partial charge in [-0.25, -0.2) is 4.79 Å². The molecule has 0 saturated heterocycles. The van der Waals surface area contributed by atoms with Crippen LogP contribution in [0.4, 0.5) is 0 Å². The van der Waals surface area contributed by atoms with Gasteiger partial charge in [-0.3, -0.25) is 4.79 Å². The quantitative estimate of drug-likeness (QED) is 0.642. The van der Waals surface area contributed by atoms with Crippen LogP contribution in [-0.2, 0) is 9.53 Å². The molecule has 0 unspecified atom stereocenters. The topological polar surface area (TPSA) is 55.4 Å². The van der Waals surface area contributed by atoms with Crippen LogP contribution in [-0.4, -0.2) is 30.8 Å². The molecule has 126 valence electrons. The summed E-state index contributed by atoms with van der Waals surface area (Å²) in [5.41, 5.74) is 0.289. The number of thioether (sulfide) groups is 1. The number of hydrogen-bond donors (Lipinski definition) is 1. The van der Waals surface area contributed by atoms with E-state index in [2.05, 4.69) is 12.2 Å². The summed E-state index contributed by atoms with van der Waals surface area (Å²) in [6.45, 7) is 1.87. The molecule has 6 heteroatoms. The van der Waals surface area contributed by atoms with Gasteiger partial charge in [0.05, 0.1) is 10.6 Å². The van der Waals surface area contributed by atoms with Crippen LogP contribution in [0.25, 0.3) is 0 Å². The van der Waals surface area contributed by atoms with Crippen LogP contribution >= 0.6 is 23.4 Å². The molecule has 23 heavy (non-hydrogen) atoms.